The second-order valence-corrected chi connectivity index (χ2v) is 7.99. The molecule has 6 nitrogen and oxygen atoms in total. The molecule has 1 atom stereocenters. The molecule has 140 valence electrons. The summed E-state index contributed by atoms with van der Waals surface area (Å²) in [5.41, 5.74) is 0.640. The Morgan fingerprint density at radius 1 is 1.54 bits per heavy atom. The average Bonchev–Trinajstić information content (AvgIpc) is 2.86. The van der Waals surface area contributed by atoms with E-state index < -0.39 is 17.9 Å². The van der Waals surface area contributed by atoms with E-state index in [0.29, 0.717) is 28.6 Å². The van der Waals surface area contributed by atoms with Gasteiger partial charge in [0.1, 0.15) is 4.32 Å². The maximum atomic E-state index is 12.7. The first-order chi connectivity index (χ1) is 12.4. The van der Waals surface area contributed by atoms with E-state index >= 15 is 0 Å². The van der Waals surface area contributed by atoms with Crippen LogP contribution in [0.15, 0.2) is 23.1 Å². The van der Waals surface area contributed by atoms with Crippen LogP contribution in [0.5, 0.6) is 11.5 Å². The second-order valence-electron chi connectivity index (χ2n) is 5.33. The van der Waals surface area contributed by atoms with Crippen LogP contribution < -0.4 is 9.84 Å². The number of carboxylic acid groups (broad SMARTS) is 1. The molecule has 2 rings (SSSR count). The number of phenolic OH excluding ortho intramolecular Hbond substituents is 1. The molecule has 0 aromatic heterocycles. The molecule has 9 heteroatoms. The lowest BCUT2D eigenvalue weighted by atomic mass is 10.1. The van der Waals surface area contributed by atoms with E-state index in [1.165, 1.54) is 17.8 Å². The molecule has 0 unspecified atom stereocenters. The van der Waals surface area contributed by atoms with Crippen LogP contribution in [0.2, 0.25) is 0 Å². The number of phenols is 1. The minimum Gasteiger partial charge on any atom is -0.548 e. The number of aliphatic carboxylic acids is 1. The highest BCUT2D eigenvalue weighted by atomic mass is 32.2. The molecule has 1 N–H and O–H groups in total. The Balaban J connectivity index is 2.28. The van der Waals surface area contributed by atoms with Gasteiger partial charge in [-0.2, -0.15) is 11.8 Å². The molecule has 0 aliphatic carbocycles. The molecule has 26 heavy (non-hydrogen) atoms. The highest BCUT2D eigenvalue weighted by Crippen LogP contribution is 2.36. The number of carboxylic acids is 1. The normalized spacial score (nSPS) is 17.0. The van der Waals surface area contributed by atoms with Crippen molar-refractivity contribution in [3.05, 3.63) is 28.7 Å². The third-order valence-corrected chi connectivity index (χ3v) is 5.56. The van der Waals surface area contributed by atoms with Gasteiger partial charge in [-0.3, -0.25) is 9.69 Å². The van der Waals surface area contributed by atoms with Crippen molar-refractivity contribution in [2.45, 2.75) is 19.4 Å². The van der Waals surface area contributed by atoms with Crippen LogP contribution >= 0.6 is 35.7 Å². The van der Waals surface area contributed by atoms with Gasteiger partial charge >= 0.3 is 0 Å². The fraction of sp³-hybridized carbons (Fsp3) is 0.353. The molecule has 0 radical (unpaired) electrons. The number of carbonyl (C=O) groups excluding carboxylic acids is 2. The highest BCUT2D eigenvalue weighted by Gasteiger charge is 2.37. The lowest BCUT2D eigenvalue weighted by Crippen LogP contribution is -2.50. The summed E-state index contributed by atoms with van der Waals surface area (Å²) in [6.07, 6.45) is 3.72. The van der Waals surface area contributed by atoms with E-state index in [2.05, 4.69) is 0 Å². The van der Waals surface area contributed by atoms with Gasteiger partial charge in [-0.15, -0.1) is 0 Å². The fourth-order valence-corrected chi connectivity index (χ4v) is 4.19. The van der Waals surface area contributed by atoms with Gasteiger partial charge in [-0.25, -0.2) is 0 Å². The SMILES string of the molecule is CCOc1cc(/C=C2/SC(=S)N([C@@H](CCSC)C(=O)[O-])C2=O)ccc1O. The molecule has 0 spiro atoms. The van der Waals surface area contributed by atoms with Crippen LogP contribution in [0.4, 0.5) is 0 Å². The van der Waals surface area contributed by atoms with Gasteiger partial charge in [0.15, 0.2) is 11.5 Å². The average molecular weight is 413 g/mol. The van der Waals surface area contributed by atoms with E-state index in [-0.39, 0.29) is 16.5 Å². The van der Waals surface area contributed by atoms with Crippen LogP contribution in [-0.4, -0.2) is 50.9 Å². The summed E-state index contributed by atoms with van der Waals surface area (Å²) >= 11 is 7.74. The van der Waals surface area contributed by atoms with E-state index in [1.54, 1.807) is 25.1 Å². The molecule has 1 aliphatic rings. The molecule has 1 aliphatic heterocycles. The third-order valence-electron chi connectivity index (χ3n) is 3.58. The lowest BCUT2D eigenvalue weighted by Gasteiger charge is -2.27. The quantitative estimate of drug-likeness (QED) is 0.511. The lowest BCUT2D eigenvalue weighted by molar-refractivity contribution is -0.310. The molecule has 1 saturated heterocycles. The van der Waals surface area contributed by atoms with Gasteiger partial charge < -0.3 is 19.7 Å². The van der Waals surface area contributed by atoms with Crippen molar-refractivity contribution in [2.75, 3.05) is 18.6 Å². The Hall–Kier alpha value is -1.71. The summed E-state index contributed by atoms with van der Waals surface area (Å²) in [7, 11) is 0. The standard InChI is InChI=1S/C17H19NO5S3/c1-3-23-13-8-10(4-5-12(13)19)9-14-15(20)18(17(24)26-14)11(16(21)22)6-7-25-2/h4-5,8-9,11,19H,3,6-7H2,1-2H3,(H,21,22)/p-1/b14-9+/t11-/m0/s1. The smallest absolute Gasteiger partial charge is 0.266 e. The van der Waals surface area contributed by atoms with E-state index in [9.17, 15) is 19.8 Å². The molecule has 0 saturated carbocycles. The Labute approximate surface area is 165 Å². The fourth-order valence-electron chi connectivity index (χ4n) is 2.37. The molecule has 1 aromatic carbocycles. The number of ether oxygens (including phenoxy) is 1. The van der Waals surface area contributed by atoms with Gasteiger partial charge in [-0.05, 0) is 49.1 Å². The molecular weight excluding hydrogens is 394 g/mol. The Morgan fingerprint density at radius 2 is 2.27 bits per heavy atom. The maximum Gasteiger partial charge on any atom is 0.266 e. The van der Waals surface area contributed by atoms with Crippen molar-refractivity contribution in [2.24, 2.45) is 0 Å². The zero-order valence-corrected chi connectivity index (χ0v) is 16.7. The van der Waals surface area contributed by atoms with Crippen LogP contribution in [0, 0.1) is 0 Å². The topological polar surface area (TPSA) is 89.9 Å². The van der Waals surface area contributed by atoms with Crippen LogP contribution in [0.1, 0.15) is 18.9 Å². The van der Waals surface area contributed by atoms with E-state index in [0.717, 1.165) is 16.7 Å². The minimum absolute atomic E-state index is 0.00521. The van der Waals surface area contributed by atoms with E-state index in [4.69, 9.17) is 17.0 Å². The summed E-state index contributed by atoms with van der Waals surface area (Å²) in [5, 5.41) is 21.2. The number of hydrogen-bond donors (Lipinski definition) is 1. The number of thiocarbonyl (C=S) groups is 1. The Bertz CT molecular complexity index is 750. The zero-order chi connectivity index (χ0) is 19.3. The summed E-state index contributed by atoms with van der Waals surface area (Å²) in [6, 6.07) is 3.63. The number of aromatic hydroxyl groups is 1. The van der Waals surface area contributed by atoms with Crippen LogP contribution in [0.3, 0.4) is 0 Å². The summed E-state index contributed by atoms with van der Waals surface area (Å²) in [6.45, 7) is 2.19. The number of nitrogens with zero attached hydrogens (tertiary/aromatic N) is 1. The predicted octanol–water partition coefficient (Wildman–Crippen LogP) is 1.86. The molecule has 1 heterocycles. The van der Waals surface area contributed by atoms with Crippen LogP contribution in [0.25, 0.3) is 6.08 Å². The number of carbonyl (C=O) groups is 2. The first-order valence-electron chi connectivity index (χ1n) is 7.81. The summed E-state index contributed by atoms with van der Waals surface area (Å²) in [4.78, 5) is 25.6. The van der Waals surface area contributed by atoms with Crippen molar-refractivity contribution < 1.29 is 24.5 Å². The maximum absolute atomic E-state index is 12.7. The van der Waals surface area contributed by atoms with Crippen molar-refractivity contribution in [3.63, 3.8) is 0 Å². The largest absolute Gasteiger partial charge is 0.548 e. The zero-order valence-electron chi connectivity index (χ0n) is 14.3. The van der Waals surface area contributed by atoms with Gasteiger partial charge in [-0.1, -0.05) is 30.0 Å². The predicted molar refractivity (Wildman–Crippen MR) is 106 cm³/mol. The number of benzene rings is 1. The first-order valence-corrected chi connectivity index (χ1v) is 10.4. The van der Waals surface area contributed by atoms with Crippen molar-refractivity contribution in [1.82, 2.24) is 4.90 Å². The summed E-state index contributed by atoms with van der Waals surface area (Å²) < 4.78 is 5.52. The number of amides is 1. The van der Waals surface area contributed by atoms with Crippen LogP contribution in [-0.2, 0) is 9.59 Å². The van der Waals surface area contributed by atoms with Gasteiger partial charge in [0.2, 0.25) is 0 Å². The molecule has 1 amide bonds. The van der Waals surface area contributed by atoms with Crippen molar-refractivity contribution >= 4 is 58.0 Å². The number of thioether (sulfide) groups is 2. The Kier molecular flexibility index (Phi) is 7.36. The number of rotatable bonds is 8. The molecule has 1 fully saturated rings. The Morgan fingerprint density at radius 3 is 2.88 bits per heavy atom. The second kappa shape index (κ2) is 9.29. The first kappa shape index (κ1) is 20.6. The third kappa shape index (κ3) is 4.72. The minimum atomic E-state index is -1.32. The molecule has 0 bridgehead atoms. The number of hydrogen-bond acceptors (Lipinski definition) is 8. The summed E-state index contributed by atoms with van der Waals surface area (Å²) in [5.74, 6) is -0.888. The monoisotopic (exact) mass is 412 g/mol. The van der Waals surface area contributed by atoms with Crippen molar-refractivity contribution in [1.29, 1.82) is 0 Å². The van der Waals surface area contributed by atoms with Gasteiger partial charge in [0.25, 0.3) is 5.91 Å². The van der Waals surface area contributed by atoms with Gasteiger partial charge in [0, 0.05) is 0 Å². The highest BCUT2D eigenvalue weighted by molar-refractivity contribution is 8.26. The molecular formula is C17H18NO5S3-. The van der Waals surface area contributed by atoms with Gasteiger partial charge in [0.05, 0.1) is 23.5 Å². The van der Waals surface area contributed by atoms with E-state index in [1.807, 2.05) is 6.26 Å². The molecule has 1 aromatic rings. The van der Waals surface area contributed by atoms with Crippen molar-refractivity contribution in [3.8, 4) is 11.5 Å².